The number of hydrogen-bond acceptors (Lipinski definition) is 10. The van der Waals surface area contributed by atoms with E-state index in [1.54, 1.807) is 51.1 Å². The lowest BCUT2D eigenvalue weighted by atomic mass is 9.93. The number of ether oxygens (including phenoxy) is 4. The molecule has 3 rings (SSSR count). The van der Waals surface area contributed by atoms with Crippen molar-refractivity contribution in [3.05, 3.63) is 47.5 Å². The zero-order valence-electron chi connectivity index (χ0n) is 39.8. The minimum absolute atomic E-state index is 0.0847. The van der Waals surface area contributed by atoms with Crippen molar-refractivity contribution in [2.75, 3.05) is 34.9 Å². The molecule has 356 valence electrons. The van der Waals surface area contributed by atoms with Gasteiger partial charge < -0.3 is 45.1 Å². The number of rotatable bonds is 23. The van der Waals surface area contributed by atoms with Crippen molar-refractivity contribution in [1.29, 1.82) is 0 Å². The fraction of sp³-hybridized carbons (Fsp3) is 0.633. The first-order chi connectivity index (χ1) is 30.5. The minimum atomic E-state index is -1.29. The Morgan fingerprint density at radius 2 is 1.38 bits per heavy atom. The summed E-state index contributed by atoms with van der Waals surface area (Å²) in [5.74, 6) is -1.83. The Kier molecular flexibility index (Phi) is 22.4. The minimum Gasteiger partial charge on any atom is -0.496 e. The van der Waals surface area contributed by atoms with Crippen LogP contribution in [-0.4, -0.2) is 99.2 Å². The molecule has 0 aliphatic carbocycles. The van der Waals surface area contributed by atoms with Gasteiger partial charge in [-0.15, -0.1) is 0 Å². The highest BCUT2D eigenvalue weighted by Crippen LogP contribution is 2.40. The molecule has 5 amide bonds. The van der Waals surface area contributed by atoms with Gasteiger partial charge in [-0.05, 0) is 88.8 Å². The van der Waals surface area contributed by atoms with Crippen LogP contribution in [0.25, 0.3) is 11.1 Å². The van der Waals surface area contributed by atoms with Crippen LogP contribution in [0.1, 0.15) is 148 Å². The number of methoxy groups -OCH3 is 3. The Hall–Kier alpha value is -5.34. The number of benzene rings is 2. The highest BCUT2D eigenvalue weighted by molar-refractivity contribution is 5.96. The van der Waals surface area contributed by atoms with Crippen LogP contribution >= 0.6 is 0 Å². The van der Waals surface area contributed by atoms with Crippen LogP contribution in [0.15, 0.2) is 36.4 Å². The molecule has 4 atom stereocenters. The molecule has 2 aromatic rings. The van der Waals surface area contributed by atoms with Crippen LogP contribution in [0.4, 0.5) is 4.79 Å². The van der Waals surface area contributed by atoms with Crippen molar-refractivity contribution >= 4 is 35.7 Å². The summed E-state index contributed by atoms with van der Waals surface area (Å²) >= 11 is 0. The average Bonchev–Trinajstić information content (AvgIpc) is 3.25. The van der Waals surface area contributed by atoms with Gasteiger partial charge >= 0.3 is 12.1 Å². The van der Waals surface area contributed by atoms with Gasteiger partial charge in [0.2, 0.25) is 23.6 Å². The monoisotopic (exact) mass is 894 g/mol. The highest BCUT2D eigenvalue weighted by Gasteiger charge is 2.36. The van der Waals surface area contributed by atoms with E-state index in [0.29, 0.717) is 59.6 Å². The molecule has 4 bridgehead atoms. The third kappa shape index (κ3) is 17.3. The van der Waals surface area contributed by atoms with E-state index in [-0.39, 0.29) is 25.2 Å². The van der Waals surface area contributed by atoms with Crippen LogP contribution < -0.4 is 30.7 Å². The van der Waals surface area contributed by atoms with Crippen LogP contribution in [-0.2, 0) is 39.9 Å². The lowest BCUT2D eigenvalue weighted by molar-refractivity contribution is -0.145. The van der Waals surface area contributed by atoms with Gasteiger partial charge in [-0.1, -0.05) is 83.3 Å². The summed E-state index contributed by atoms with van der Waals surface area (Å²) in [6.07, 6.45) is 13.5. The molecular formula is C49H75N5O10. The summed E-state index contributed by atoms with van der Waals surface area (Å²) in [6.45, 7) is 9.33. The fourth-order valence-corrected chi connectivity index (χ4v) is 7.80. The third-order valence-corrected chi connectivity index (χ3v) is 11.3. The van der Waals surface area contributed by atoms with E-state index in [1.807, 2.05) is 6.07 Å². The Morgan fingerprint density at radius 1 is 0.781 bits per heavy atom. The Labute approximate surface area is 380 Å². The van der Waals surface area contributed by atoms with Crippen molar-refractivity contribution in [2.24, 2.45) is 0 Å². The lowest BCUT2D eigenvalue weighted by Gasteiger charge is -2.32. The molecule has 0 spiro atoms. The maximum Gasteiger partial charge on any atom is 0.407 e. The van der Waals surface area contributed by atoms with Gasteiger partial charge in [-0.25, -0.2) is 9.59 Å². The number of carbonyl (C=O) groups is 6. The summed E-state index contributed by atoms with van der Waals surface area (Å²) < 4.78 is 21.9. The standard InChI is InChI=1S/C49H75N5O10/c1-10-11-12-13-14-15-16-17-18-19-20-24-42(55)52-38(23-21-22-29-50-48(60)64-49(3,4)5)46(58)54(6)43-35-26-28-41(62-8)37(32-35)36-30-34(25-27-40(36)61-7)31-39(47(59)63-9)53-44(56)33(2)51-45(43)57/h25-28,30,32-33,38-39,43H,10-24,29,31H2,1-9H3,(H,50,60)(H,51,57)(H,52,55)(H,53,56)/t33-,38-,39-,43-/m0/s1. The number of amides is 5. The molecule has 64 heavy (non-hydrogen) atoms. The molecule has 1 aliphatic rings. The molecule has 0 aromatic heterocycles. The second-order valence-corrected chi connectivity index (χ2v) is 17.7. The van der Waals surface area contributed by atoms with E-state index in [4.69, 9.17) is 18.9 Å². The number of carbonyl (C=O) groups excluding carboxylic acids is 6. The van der Waals surface area contributed by atoms with E-state index >= 15 is 0 Å². The zero-order chi connectivity index (χ0) is 47.2. The van der Waals surface area contributed by atoms with Crippen LogP contribution in [0, 0.1) is 0 Å². The van der Waals surface area contributed by atoms with Gasteiger partial charge in [0.25, 0.3) is 0 Å². The second-order valence-electron chi connectivity index (χ2n) is 17.7. The van der Waals surface area contributed by atoms with Gasteiger partial charge in [0.05, 0.1) is 21.3 Å². The van der Waals surface area contributed by atoms with Crippen molar-refractivity contribution < 1.29 is 47.7 Å². The van der Waals surface area contributed by atoms with Gasteiger partial charge in [0.15, 0.2) is 0 Å². The number of nitrogens with one attached hydrogen (secondary N) is 4. The third-order valence-electron chi connectivity index (χ3n) is 11.3. The van der Waals surface area contributed by atoms with E-state index in [0.717, 1.165) is 19.3 Å². The number of esters is 1. The van der Waals surface area contributed by atoms with Gasteiger partial charge in [0.1, 0.15) is 41.3 Å². The van der Waals surface area contributed by atoms with Crippen LogP contribution in [0.3, 0.4) is 0 Å². The predicted molar refractivity (Wildman–Crippen MR) is 247 cm³/mol. The van der Waals surface area contributed by atoms with E-state index in [9.17, 15) is 28.8 Å². The average molecular weight is 894 g/mol. The largest absolute Gasteiger partial charge is 0.496 e. The molecule has 0 saturated heterocycles. The topological polar surface area (TPSA) is 191 Å². The van der Waals surface area contributed by atoms with Gasteiger partial charge in [0, 0.05) is 37.6 Å². The molecular weight excluding hydrogens is 819 g/mol. The Morgan fingerprint density at radius 3 is 1.97 bits per heavy atom. The maximum atomic E-state index is 14.7. The number of nitrogens with zero attached hydrogens (tertiary/aromatic N) is 1. The lowest BCUT2D eigenvalue weighted by Crippen LogP contribution is -2.55. The molecule has 0 saturated carbocycles. The first-order valence-electron chi connectivity index (χ1n) is 23.1. The SMILES string of the molecule is CCCCCCCCCCCCCC(=O)N[C@@H](CCCCNC(=O)OC(C)(C)C)C(=O)N(C)[C@@H]1C(=O)N[C@@H](C)C(=O)N[C@H](C(=O)OC)Cc2ccc(OC)c(c2)-c2cc1ccc2OC. The molecule has 1 aliphatic heterocycles. The molecule has 2 aromatic carbocycles. The molecule has 15 heteroatoms. The number of likely N-dealkylation sites (N-methyl/N-ethyl adjacent to an activating group) is 1. The molecule has 4 N–H and O–H groups in total. The zero-order valence-corrected chi connectivity index (χ0v) is 39.8. The van der Waals surface area contributed by atoms with E-state index in [2.05, 4.69) is 28.2 Å². The number of fused-ring (bicyclic) bond motifs is 5. The summed E-state index contributed by atoms with van der Waals surface area (Å²) in [5, 5.41) is 11.2. The quantitative estimate of drug-likeness (QED) is 0.0643. The first-order valence-corrected chi connectivity index (χ1v) is 23.1. The molecule has 0 fully saturated rings. The number of unbranched alkanes of at least 4 members (excludes halogenated alkanes) is 11. The van der Waals surface area contributed by atoms with Crippen molar-refractivity contribution in [2.45, 2.75) is 167 Å². The molecule has 1 heterocycles. The summed E-state index contributed by atoms with van der Waals surface area (Å²) in [7, 11) is 5.76. The summed E-state index contributed by atoms with van der Waals surface area (Å²) in [4.78, 5) is 82.7. The smallest absolute Gasteiger partial charge is 0.407 e. The van der Waals surface area contributed by atoms with E-state index < -0.39 is 59.6 Å². The van der Waals surface area contributed by atoms with Gasteiger partial charge in [-0.2, -0.15) is 0 Å². The van der Waals surface area contributed by atoms with Gasteiger partial charge in [-0.3, -0.25) is 19.2 Å². The molecule has 0 unspecified atom stereocenters. The van der Waals surface area contributed by atoms with Crippen molar-refractivity contribution in [3.8, 4) is 22.6 Å². The van der Waals surface area contributed by atoms with Crippen molar-refractivity contribution in [3.63, 3.8) is 0 Å². The number of alkyl carbamates (subject to hydrolysis) is 1. The predicted octanol–water partition coefficient (Wildman–Crippen LogP) is 7.47. The molecule has 0 radical (unpaired) electrons. The highest BCUT2D eigenvalue weighted by atomic mass is 16.6. The number of hydrogen-bond donors (Lipinski definition) is 4. The van der Waals surface area contributed by atoms with Crippen LogP contribution in [0.2, 0.25) is 0 Å². The van der Waals surface area contributed by atoms with Crippen LogP contribution in [0.5, 0.6) is 11.5 Å². The summed E-state index contributed by atoms with van der Waals surface area (Å²) in [5.41, 5.74) is 1.57. The first kappa shape index (κ1) is 53.0. The van der Waals surface area contributed by atoms with Crippen molar-refractivity contribution in [1.82, 2.24) is 26.2 Å². The normalized spacial score (nSPS) is 16.9. The Bertz CT molecular complexity index is 1850. The maximum absolute atomic E-state index is 14.7. The molecule has 15 nitrogen and oxygen atoms in total. The Balaban J connectivity index is 1.93. The van der Waals surface area contributed by atoms with E-state index in [1.165, 1.54) is 85.1 Å². The second kappa shape index (κ2) is 27.1. The fourth-order valence-electron chi connectivity index (χ4n) is 7.80. The summed E-state index contributed by atoms with van der Waals surface area (Å²) in [6, 6.07) is 5.95.